The molecule has 1 N–H and O–H groups in total. The van der Waals surface area contributed by atoms with Crippen LogP contribution in [0.4, 0.5) is 19.3 Å². The zero-order valence-corrected chi connectivity index (χ0v) is 14.0. The van der Waals surface area contributed by atoms with Crippen LogP contribution in [-0.2, 0) is 17.7 Å². The Hall–Kier alpha value is -2.67. The van der Waals surface area contributed by atoms with E-state index in [2.05, 4.69) is 5.32 Å². The Kier molecular flexibility index (Phi) is 4.46. The number of hydrogen-bond acceptors (Lipinski definition) is 3. The molecule has 4 rings (SSSR count). The predicted octanol–water partition coefficient (Wildman–Crippen LogP) is 3.33. The molecule has 0 bridgehead atoms. The van der Waals surface area contributed by atoms with Crippen molar-refractivity contribution in [2.45, 2.75) is 19.1 Å². The van der Waals surface area contributed by atoms with E-state index in [1.807, 2.05) is 0 Å². The van der Waals surface area contributed by atoms with Crippen molar-refractivity contribution in [3.8, 4) is 5.75 Å². The fourth-order valence-electron chi connectivity index (χ4n) is 3.08. The molecule has 2 aliphatic heterocycles. The van der Waals surface area contributed by atoms with Crippen molar-refractivity contribution in [1.29, 1.82) is 0 Å². The lowest BCUT2D eigenvalue weighted by atomic mass is 9.99. The number of benzene rings is 2. The van der Waals surface area contributed by atoms with Gasteiger partial charge in [0.05, 0.1) is 13.2 Å². The third kappa shape index (κ3) is 3.48. The van der Waals surface area contributed by atoms with Gasteiger partial charge in [0.1, 0.15) is 23.5 Å². The number of halogens is 2. The van der Waals surface area contributed by atoms with Gasteiger partial charge in [0, 0.05) is 24.8 Å². The molecule has 0 spiro atoms. The van der Waals surface area contributed by atoms with Gasteiger partial charge in [0.15, 0.2) is 0 Å². The first-order valence-corrected chi connectivity index (χ1v) is 8.45. The summed E-state index contributed by atoms with van der Waals surface area (Å²) in [6.07, 6.45) is 0.454. The van der Waals surface area contributed by atoms with Gasteiger partial charge in [-0.15, -0.1) is 0 Å². The number of nitrogens with one attached hydrogen (secondary N) is 1. The molecule has 1 fully saturated rings. The van der Waals surface area contributed by atoms with Crippen molar-refractivity contribution in [3.63, 3.8) is 0 Å². The summed E-state index contributed by atoms with van der Waals surface area (Å²) in [5.41, 5.74) is 1.62. The first-order chi connectivity index (χ1) is 12.6. The summed E-state index contributed by atoms with van der Waals surface area (Å²) >= 11 is 0. The highest BCUT2D eigenvalue weighted by Crippen LogP contribution is 2.24. The van der Waals surface area contributed by atoms with Gasteiger partial charge in [0.2, 0.25) is 0 Å². The Bertz CT molecular complexity index is 822. The van der Waals surface area contributed by atoms with E-state index < -0.39 is 11.6 Å². The van der Waals surface area contributed by atoms with Crippen LogP contribution in [0.1, 0.15) is 11.1 Å². The van der Waals surface area contributed by atoms with E-state index in [1.165, 1.54) is 11.0 Å². The Labute approximate surface area is 149 Å². The van der Waals surface area contributed by atoms with Gasteiger partial charge in [-0.25, -0.2) is 13.6 Å². The van der Waals surface area contributed by atoms with Gasteiger partial charge < -0.3 is 19.7 Å². The summed E-state index contributed by atoms with van der Waals surface area (Å²) in [6.45, 7) is 1.75. The van der Waals surface area contributed by atoms with Crippen LogP contribution in [0.25, 0.3) is 0 Å². The highest BCUT2D eigenvalue weighted by molar-refractivity contribution is 5.89. The molecule has 2 heterocycles. The van der Waals surface area contributed by atoms with Crippen molar-refractivity contribution in [2.75, 3.05) is 25.1 Å². The van der Waals surface area contributed by atoms with Crippen LogP contribution < -0.4 is 10.1 Å². The standard InChI is InChI=1S/C19H18F2N2O3/c20-13-7-12-9-23(6-5-17(12)18(21)8-13)19(24)22-14-1-3-15(4-2-14)26-16-10-25-11-16/h1-4,7-8,16H,5-6,9-11H2,(H,22,24). The molecule has 0 saturated carbocycles. The molecule has 1 saturated heterocycles. The van der Waals surface area contributed by atoms with Crippen molar-refractivity contribution in [1.82, 2.24) is 4.90 Å². The van der Waals surface area contributed by atoms with E-state index in [4.69, 9.17) is 9.47 Å². The molecular formula is C19H18F2N2O3. The lowest BCUT2D eigenvalue weighted by Crippen LogP contribution is -2.39. The van der Waals surface area contributed by atoms with Crippen LogP contribution in [0, 0.1) is 11.6 Å². The minimum Gasteiger partial charge on any atom is -0.486 e. The third-order valence-electron chi connectivity index (χ3n) is 4.55. The van der Waals surface area contributed by atoms with Gasteiger partial charge in [-0.1, -0.05) is 0 Å². The first kappa shape index (κ1) is 16.8. The molecule has 7 heteroatoms. The second-order valence-corrected chi connectivity index (χ2v) is 6.43. The fourth-order valence-corrected chi connectivity index (χ4v) is 3.08. The third-order valence-corrected chi connectivity index (χ3v) is 4.55. The molecule has 2 amide bonds. The molecule has 0 aliphatic carbocycles. The number of ether oxygens (including phenoxy) is 2. The van der Waals surface area contributed by atoms with E-state index in [0.29, 0.717) is 48.7 Å². The lowest BCUT2D eigenvalue weighted by Gasteiger charge is -2.29. The smallest absolute Gasteiger partial charge is 0.322 e. The topological polar surface area (TPSA) is 50.8 Å². The summed E-state index contributed by atoms with van der Waals surface area (Å²) in [6, 6.07) is 8.94. The Morgan fingerprint density at radius 3 is 2.65 bits per heavy atom. The molecule has 0 radical (unpaired) electrons. The zero-order chi connectivity index (χ0) is 18.1. The summed E-state index contributed by atoms with van der Waals surface area (Å²) in [5, 5.41) is 2.80. The first-order valence-electron chi connectivity index (χ1n) is 8.45. The molecule has 2 aliphatic rings. The van der Waals surface area contributed by atoms with Crippen LogP contribution in [0.3, 0.4) is 0 Å². The molecule has 2 aromatic carbocycles. The number of anilines is 1. The molecule has 0 unspecified atom stereocenters. The highest BCUT2D eigenvalue weighted by atomic mass is 19.1. The maximum Gasteiger partial charge on any atom is 0.322 e. The summed E-state index contributed by atoms with van der Waals surface area (Å²) in [7, 11) is 0. The summed E-state index contributed by atoms with van der Waals surface area (Å²) in [5.74, 6) is -0.461. The van der Waals surface area contributed by atoms with Gasteiger partial charge in [0.25, 0.3) is 0 Å². The van der Waals surface area contributed by atoms with Crippen LogP contribution >= 0.6 is 0 Å². The van der Waals surface area contributed by atoms with Gasteiger partial charge >= 0.3 is 6.03 Å². The van der Waals surface area contributed by atoms with Crippen molar-refractivity contribution in [2.24, 2.45) is 0 Å². The quantitative estimate of drug-likeness (QED) is 0.913. The minimum atomic E-state index is -0.629. The van der Waals surface area contributed by atoms with Crippen LogP contribution in [0.5, 0.6) is 5.75 Å². The molecular weight excluding hydrogens is 342 g/mol. The van der Waals surface area contributed by atoms with E-state index in [-0.39, 0.29) is 18.7 Å². The number of amides is 2. The number of hydrogen-bond donors (Lipinski definition) is 1. The van der Waals surface area contributed by atoms with Crippen molar-refractivity contribution >= 4 is 11.7 Å². The predicted molar refractivity (Wildman–Crippen MR) is 91.2 cm³/mol. The zero-order valence-electron chi connectivity index (χ0n) is 14.0. The second-order valence-electron chi connectivity index (χ2n) is 6.43. The molecule has 2 aromatic rings. The summed E-state index contributed by atoms with van der Waals surface area (Å²) < 4.78 is 37.9. The van der Waals surface area contributed by atoms with Crippen molar-refractivity contribution in [3.05, 3.63) is 59.2 Å². The Morgan fingerprint density at radius 1 is 1.19 bits per heavy atom. The van der Waals surface area contributed by atoms with Crippen LogP contribution in [0.15, 0.2) is 36.4 Å². The van der Waals surface area contributed by atoms with Gasteiger partial charge in [-0.3, -0.25) is 0 Å². The number of carbonyl (C=O) groups is 1. The fraction of sp³-hybridized carbons (Fsp3) is 0.316. The van der Waals surface area contributed by atoms with Crippen LogP contribution in [-0.4, -0.2) is 36.8 Å². The number of rotatable bonds is 3. The van der Waals surface area contributed by atoms with Crippen LogP contribution in [0.2, 0.25) is 0 Å². The average Bonchev–Trinajstić information content (AvgIpc) is 2.58. The summed E-state index contributed by atoms with van der Waals surface area (Å²) in [4.78, 5) is 14.0. The monoisotopic (exact) mass is 360 g/mol. The molecule has 0 atom stereocenters. The highest BCUT2D eigenvalue weighted by Gasteiger charge is 2.24. The Balaban J connectivity index is 1.38. The molecule has 26 heavy (non-hydrogen) atoms. The number of carbonyl (C=O) groups excluding carboxylic acids is 1. The normalized spacial score (nSPS) is 16.6. The van der Waals surface area contributed by atoms with E-state index in [0.717, 1.165) is 6.07 Å². The number of fused-ring (bicyclic) bond motifs is 1. The Morgan fingerprint density at radius 2 is 1.96 bits per heavy atom. The van der Waals surface area contributed by atoms with Gasteiger partial charge in [-0.2, -0.15) is 0 Å². The van der Waals surface area contributed by atoms with Gasteiger partial charge in [-0.05, 0) is 47.9 Å². The second kappa shape index (κ2) is 6.92. The molecule has 5 nitrogen and oxygen atoms in total. The maximum absolute atomic E-state index is 13.8. The maximum atomic E-state index is 13.8. The number of urea groups is 1. The lowest BCUT2D eigenvalue weighted by molar-refractivity contribution is -0.0796. The average molecular weight is 360 g/mol. The van der Waals surface area contributed by atoms with Crippen molar-refractivity contribution < 1.29 is 23.0 Å². The largest absolute Gasteiger partial charge is 0.486 e. The number of nitrogens with zero attached hydrogens (tertiary/aromatic N) is 1. The molecule has 136 valence electrons. The SMILES string of the molecule is O=C(Nc1ccc(OC2COC2)cc1)N1CCc2c(F)cc(F)cc2C1. The van der Waals surface area contributed by atoms with E-state index >= 15 is 0 Å². The van der Waals surface area contributed by atoms with E-state index in [1.54, 1.807) is 24.3 Å². The molecule has 0 aromatic heterocycles. The van der Waals surface area contributed by atoms with E-state index in [9.17, 15) is 13.6 Å². The minimum absolute atomic E-state index is 0.0876.